The Kier molecular flexibility index (Phi) is 6.25. The highest BCUT2D eigenvalue weighted by atomic mass is 19.4. The van der Waals surface area contributed by atoms with Crippen molar-refractivity contribution in [2.45, 2.75) is 19.0 Å². The van der Waals surface area contributed by atoms with Gasteiger partial charge >= 0.3 is 6.18 Å². The number of halogens is 3. The molecule has 0 aliphatic rings. The van der Waals surface area contributed by atoms with Crippen molar-refractivity contribution in [3.05, 3.63) is 35.4 Å². The topological polar surface area (TPSA) is 40.5 Å². The first-order chi connectivity index (χ1) is 9.83. The van der Waals surface area contributed by atoms with E-state index in [1.165, 1.54) is 19.2 Å². The first-order valence-corrected chi connectivity index (χ1v) is 6.35. The van der Waals surface area contributed by atoms with Crippen LogP contribution in [0.25, 0.3) is 0 Å². The summed E-state index contributed by atoms with van der Waals surface area (Å²) in [4.78, 5) is 13.0. The first-order valence-electron chi connectivity index (χ1n) is 6.35. The van der Waals surface area contributed by atoms with Crippen LogP contribution < -0.4 is 0 Å². The molecule has 21 heavy (non-hydrogen) atoms. The zero-order chi connectivity index (χ0) is 15.9. The summed E-state index contributed by atoms with van der Waals surface area (Å²) in [6.07, 6.45) is -5.00. The number of carbonyl (C=O) groups excluding carboxylic acids is 1. The van der Waals surface area contributed by atoms with Crippen molar-refractivity contribution < 1.29 is 23.1 Å². The highest BCUT2D eigenvalue weighted by Gasteiger charge is 2.28. The maximum absolute atomic E-state index is 12.1. The zero-order valence-corrected chi connectivity index (χ0v) is 11.6. The third-order valence-corrected chi connectivity index (χ3v) is 2.66. The summed E-state index contributed by atoms with van der Waals surface area (Å²) >= 11 is 0. The third kappa shape index (κ3) is 6.32. The Morgan fingerprint density at radius 3 is 2.71 bits per heavy atom. The molecule has 0 aliphatic carbocycles. The smallest absolute Gasteiger partial charge is 0.390 e. The summed E-state index contributed by atoms with van der Waals surface area (Å²) < 4.78 is 36.4. The normalized spacial score (nSPS) is 10.7. The first kappa shape index (κ1) is 17.1. The second kappa shape index (κ2) is 7.70. The van der Waals surface area contributed by atoms with Gasteiger partial charge in [-0.2, -0.15) is 13.2 Å². The number of hydrogen-bond donors (Lipinski definition) is 1. The molecule has 0 radical (unpaired) electrons. The van der Waals surface area contributed by atoms with E-state index in [-0.39, 0.29) is 18.7 Å². The Morgan fingerprint density at radius 1 is 1.38 bits per heavy atom. The van der Waals surface area contributed by atoms with E-state index in [2.05, 4.69) is 11.8 Å². The molecule has 0 aromatic heterocycles. The maximum atomic E-state index is 12.1. The van der Waals surface area contributed by atoms with Gasteiger partial charge in [0, 0.05) is 31.1 Å². The highest BCUT2D eigenvalue weighted by molar-refractivity contribution is 5.94. The number of aliphatic hydroxyl groups excluding tert-OH is 1. The van der Waals surface area contributed by atoms with E-state index < -0.39 is 18.5 Å². The van der Waals surface area contributed by atoms with Gasteiger partial charge in [0.15, 0.2) is 0 Å². The third-order valence-electron chi connectivity index (χ3n) is 2.66. The van der Waals surface area contributed by atoms with Crippen molar-refractivity contribution in [3.8, 4) is 11.8 Å². The number of aliphatic hydroxyl groups is 1. The summed E-state index contributed by atoms with van der Waals surface area (Å²) in [5.41, 5.74) is 0.869. The van der Waals surface area contributed by atoms with Crippen LogP contribution in [0.3, 0.4) is 0 Å². The summed E-state index contributed by atoms with van der Waals surface area (Å²) in [7, 11) is 1.33. The zero-order valence-electron chi connectivity index (χ0n) is 11.6. The standard InChI is InChI=1S/C15H16F3NO2/c1-19(9-8-15(16,17)18)14(21)13-7-4-6-12(11-13)5-2-3-10-20/h4,6-7,11,20H,3,8-10H2,1H3. The lowest BCUT2D eigenvalue weighted by molar-refractivity contribution is -0.136. The fourth-order valence-corrected chi connectivity index (χ4v) is 1.57. The molecular weight excluding hydrogens is 283 g/mol. The molecule has 1 aromatic carbocycles. The molecule has 3 nitrogen and oxygen atoms in total. The van der Waals surface area contributed by atoms with E-state index >= 15 is 0 Å². The van der Waals surface area contributed by atoms with Crippen molar-refractivity contribution in [2.75, 3.05) is 20.2 Å². The predicted molar refractivity (Wildman–Crippen MR) is 72.7 cm³/mol. The Labute approximate surface area is 121 Å². The lowest BCUT2D eigenvalue weighted by Crippen LogP contribution is -2.30. The molecule has 114 valence electrons. The van der Waals surface area contributed by atoms with Crippen LogP contribution in [0.4, 0.5) is 13.2 Å². The van der Waals surface area contributed by atoms with Crippen LogP contribution in [0.1, 0.15) is 28.8 Å². The molecule has 1 aromatic rings. The summed E-state index contributed by atoms with van der Waals surface area (Å²) in [6, 6.07) is 6.37. The van der Waals surface area contributed by atoms with Gasteiger partial charge in [-0.05, 0) is 18.2 Å². The number of nitrogens with zero attached hydrogens (tertiary/aromatic N) is 1. The second-order valence-electron chi connectivity index (χ2n) is 4.45. The predicted octanol–water partition coefficient (Wildman–Crippen LogP) is 2.44. The molecular formula is C15H16F3NO2. The van der Waals surface area contributed by atoms with Gasteiger partial charge in [-0.3, -0.25) is 4.79 Å². The lowest BCUT2D eigenvalue weighted by atomic mass is 10.1. The van der Waals surface area contributed by atoms with E-state index in [1.807, 2.05) is 0 Å². The highest BCUT2D eigenvalue weighted by Crippen LogP contribution is 2.20. The van der Waals surface area contributed by atoms with Crippen LogP contribution in [0.5, 0.6) is 0 Å². The minimum absolute atomic E-state index is 0.0498. The molecule has 0 saturated carbocycles. The monoisotopic (exact) mass is 299 g/mol. The fraction of sp³-hybridized carbons (Fsp3) is 0.400. The summed E-state index contributed by atoms with van der Waals surface area (Å²) in [6.45, 7) is -0.436. The van der Waals surface area contributed by atoms with Crippen molar-refractivity contribution in [1.82, 2.24) is 4.90 Å². The lowest BCUT2D eigenvalue weighted by Gasteiger charge is -2.18. The van der Waals surface area contributed by atoms with Gasteiger partial charge in [0.25, 0.3) is 5.91 Å². The molecule has 1 rings (SSSR count). The van der Waals surface area contributed by atoms with Crippen LogP contribution in [-0.4, -0.2) is 42.3 Å². The molecule has 0 saturated heterocycles. The van der Waals surface area contributed by atoms with E-state index in [4.69, 9.17) is 5.11 Å². The molecule has 0 fully saturated rings. The van der Waals surface area contributed by atoms with Gasteiger partial charge in [-0.25, -0.2) is 0 Å². The summed E-state index contributed by atoms with van der Waals surface area (Å²) in [5, 5.41) is 8.63. The molecule has 1 amide bonds. The van der Waals surface area contributed by atoms with Crippen molar-refractivity contribution >= 4 is 5.91 Å². The number of amides is 1. The Balaban J connectivity index is 2.74. The van der Waals surface area contributed by atoms with Crippen molar-refractivity contribution in [3.63, 3.8) is 0 Å². The number of carbonyl (C=O) groups is 1. The van der Waals surface area contributed by atoms with Crippen molar-refractivity contribution in [2.24, 2.45) is 0 Å². The fourth-order valence-electron chi connectivity index (χ4n) is 1.57. The second-order valence-corrected chi connectivity index (χ2v) is 4.45. The molecule has 0 bridgehead atoms. The van der Waals surface area contributed by atoms with Crippen molar-refractivity contribution in [1.29, 1.82) is 0 Å². The average molecular weight is 299 g/mol. The van der Waals surface area contributed by atoms with E-state index in [1.54, 1.807) is 12.1 Å². The largest absolute Gasteiger partial charge is 0.395 e. The Hall–Kier alpha value is -2.00. The van der Waals surface area contributed by atoms with Crippen LogP contribution in [0, 0.1) is 11.8 Å². The number of hydrogen-bond acceptors (Lipinski definition) is 2. The number of alkyl halides is 3. The van der Waals surface area contributed by atoms with Gasteiger partial charge in [0.2, 0.25) is 0 Å². The molecule has 1 N–H and O–H groups in total. The molecule has 0 unspecified atom stereocenters. The van der Waals surface area contributed by atoms with E-state index in [9.17, 15) is 18.0 Å². The Bertz CT molecular complexity index is 544. The van der Waals surface area contributed by atoms with Crippen LogP contribution in [-0.2, 0) is 0 Å². The van der Waals surface area contributed by atoms with Gasteiger partial charge in [-0.15, -0.1) is 0 Å². The van der Waals surface area contributed by atoms with Crippen LogP contribution >= 0.6 is 0 Å². The van der Waals surface area contributed by atoms with E-state index in [0.29, 0.717) is 12.0 Å². The van der Waals surface area contributed by atoms with Gasteiger partial charge in [-0.1, -0.05) is 17.9 Å². The quantitative estimate of drug-likeness (QED) is 0.868. The number of rotatable bonds is 4. The molecule has 0 aliphatic heterocycles. The Morgan fingerprint density at radius 2 is 2.10 bits per heavy atom. The summed E-state index contributed by atoms with van der Waals surface area (Å²) in [5.74, 6) is 5.01. The van der Waals surface area contributed by atoms with Crippen LogP contribution in [0.2, 0.25) is 0 Å². The van der Waals surface area contributed by atoms with Crippen LogP contribution in [0.15, 0.2) is 24.3 Å². The maximum Gasteiger partial charge on any atom is 0.390 e. The SMILES string of the molecule is CN(CCC(F)(F)F)C(=O)c1cccc(C#CCCO)c1. The van der Waals surface area contributed by atoms with Gasteiger partial charge in [0.1, 0.15) is 0 Å². The molecule has 0 spiro atoms. The molecule has 0 heterocycles. The van der Waals surface area contributed by atoms with Gasteiger partial charge in [0.05, 0.1) is 13.0 Å². The number of benzene rings is 1. The minimum Gasteiger partial charge on any atom is -0.395 e. The molecule has 0 atom stereocenters. The van der Waals surface area contributed by atoms with Gasteiger partial charge < -0.3 is 10.0 Å². The minimum atomic E-state index is -4.29. The van der Waals surface area contributed by atoms with E-state index in [0.717, 1.165) is 4.90 Å². The average Bonchev–Trinajstić information content (AvgIpc) is 2.44. The molecule has 6 heteroatoms.